The molecule has 1 aromatic carbocycles. The number of hydrogen-bond acceptors (Lipinski definition) is 3. The minimum Gasteiger partial charge on any atom is -0.342 e. The fourth-order valence-electron chi connectivity index (χ4n) is 2.84. The molecule has 3 heteroatoms. The standard InChI is InChI=1S/C12H13N.C9H16N2/c1-3-13-10(2)8-9-11-6-4-5-7-12(11)13;1-6-11-8(3)9(4,5)7(2)10-11/h4-9H,2-3H2,1H3;3,6H2,1-2,4-5H3. The third-order valence-electron chi connectivity index (χ3n) is 4.85. The average molecular weight is 323 g/mol. The smallest absolute Gasteiger partial charge is 0.0484 e. The zero-order chi connectivity index (χ0) is 17.9. The van der Waals surface area contributed by atoms with Crippen LogP contribution in [0, 0.1) is 5.41 Å². The monoisotopic (exact) mass is 323 g/mol. The highest BCUT2D eigenvalue weighted by Gasteiger charge is 2.34. The molecule has 0 N–H and O–H groups in total. The molecule has 0 saturated heterocycles. The predicted octanol–water partition coefficient (Wildman–Crippen LogP) is 5.29. The van der Waals surface area contributed by atoms with Crippen molar-refractivity contribution in [2.24, 2.45) is 10.5 Å². The Morgan fingerprint density at radius 2 is 1.71 bits per heavy atom. The molecule has 0 saturated carbocycles. The predicted molar refractivity (Wildman–Crippen MR) is 106 cm³/mol. The summed E-state index contributed by atoms with van der Waals surface area (Å²) in [7, 11) is 0. The molecule has 0 radical (unpaired) electrons. The molecule has 128 valence electrons. The van der Waals surface area contributed by atoms with E-state index in [0.29, 0.717) is 0 Å². The van der Waals surface area contributed by atoms with Crippen LogP contribution in [0.15, 0.2) is 60.0 Å². The Morgan fingerprint density at radius 3 is 2.21 bits per heavy atom. The Hall–Kier alpha value is -2.29. The van der Waals surface area contributed by atoms with E-state index in [9.17, 15) is 0 Å². The molecule has 0 bridgehead atoms. The van der Waals surface area contributed by atoms with Crippen LogP contribution in [0.1, 0.15) is 40.2 Å². The first-order chi connectivity index (χ1) is 11.3. The molecule has 0 spiro atoms. The zero-order valence-electron chi connectivity index (χ0n) is 15.6. The molecule has 24 heavy (non-hydrogen) atoms. The Morgan fingerprint density at radius 1 is 1.04 bits per heavy atom. The molecule has 0 aliphatic carbocycles. The maximum atomic E-state index is 4.39. The molecule has 1 aromatic rings. The van der Waals surface area contributed by atoms with E-state index in [1.165, 1.54) is 11.3 Å². The van der Waals surface area contributed by atoms with Crippen molar-refractivity contribution in [3.05, 3.63) is 60.5 Å². The SMILES string of the molecule is C=C1C=Cc2ccccc2N1CC.C=C1N(CC)N=C(C)C1(C)C. The van der Waals surface area contributed by atoms with Crippen LogP contribution in [-0.2, 0) is 0 Å². The lowest BCUT2D eigenvalue weighted by Gasteiger charge is -2.28. The van der Waals surface area contributed by atoms with Gasteiger partial charge in [-0.05, 0) is 52.3 Å². The summed E-state index contributed by atoms with van der Waals surface area (Å²) in [6.45, 7) is 20.5. The summed E-state index contributed by atoms with van der Waals surface area (Å²) >= 11 is 0. The molecule has 3 nitrogen and oxygen atoms in total. The molecule has 0 aromatic heterocycles. The number of rotatable bonds is 2. The molecule has 0 fully saturated rings. The second kappa shape index (κ2) is 7.08. The number of hydrogen-bond donors (Lipinski definition) is 0. The van der Waals surface area contributed by atoms with E-state index >= 15 is 0 Å². The van der Waals surface area contributed by atoms with Crippen molar-refractivity contribution in [2.45, 2.75) is 34.6 Å². The van der Waals surface area contributed by atoms with Gasteiger partial charge in [-0.15, -0.1) is 0 Å². The number of fused-ring (bicyclic) bond motifs is 1. The van der Waals surface area contributed by atoms with Crippen molar-refractivity contribution in [3.8, 4) is 0 Å². The summed E-state index contributed by atoms with van der Waals surface area (Å²) in [4.78, 5) is 2.22. The number of para-hydroxylation sites is 1. The van der Waals surface area contributed by atoms with Crippen LogP contribution in [0.5, 0.6) is 0 Å². The molecule has 0 atom stereocenters. The number of nitrogens with zero attached hydrogens (tertiary/aromatic N) is 3. The fraction of sp³-hybridized carbons (Fsp3) is 0.381. The van der Waals surface area contributed by atoms with Crippen molar-refractivity contribution in [1.29, 1.82) is 0 Å². The quantitative estimate of drug-likeness (QED) is 0.736. The minimum absolute atomic E-state index is 0.0655. The summed E-state index contributed by atoms with van der Waals surface area (Å²) in [5.74, 6) is 0. The van der Waals surface area contributed by atoms with Gasteiger partial charge in [-0.2, -0.15) is 5.10 Å². The van der Waals surface area contributed by atoms with Crippen LogP contribution in [0.25, 0.3) is 6.08 Å². The van der Waals surface area contributed by atoms with Crippen molar-refractivity contribution >= 4 is 17.5 Å². The number of benzene rings is 1. The lowest BCUT2D eigenvalue weighted by molar-refractivity contribution is 0.362. The number of allylic oxidation sites excluding steroid dienone is 2. The first kappa shape index (κ1) is 18.1. The van der Waals surface area contributed by atoms with Crippen molar-refractivity contribution in [1.82, 2.24) is 5.01 Å². The largest absolute Gasteiger partial charge is 0.342 e. The summed E-state index contributed by atoms with van der Waals surface area (Å²) in [6, 6.07) is 8.38. The van der Waals surface area contributed by atoms with Crippen LogP contribution >= 0.6 is 0 Å². The maximum Gasteiger partial charge on any atom is 0.0484 e. The van der Waals surface area contributed by atoms with E-state index in [0.717, 1.165) is 30.2 Å². The summed E-state index contributed by atoms with van der Waals surface area (Å²) < 4.78 is 0. The third kappa shape index (κ3) is 3.30. The highest BCUT2D eigenvalue weighted by Crippen LogP contribution is 2.35. The minimum atomic E-state index is 0.0655. The van der Waals surface area contributed by atoms with E-state index in [1.54, 1.807) is 0 Å². The van der Waals surface area contributed by atoms with E-state index in [4.69, 9.17) is 0 Å². The van der Waals surface area contributed by atoms with Gasteiger partial charge >= 0.3 is 0 Å². The van der Waals surface area contributed by atoms with E-state index in [1.807, 2.05) is 5.01 Å². The first-order valence-electron chi connectivity index (χ1n) is 8.59. The highest BCUT2D eigenvalue weighted by molar-refractivity contribution is 5.91. The first-order valence-corrected chi connectivity index (χ1v) is 8.59. The number of hydrazone groups is 1. The fourth-order valence-corrected chi connectivity index (χ4v) is 2.84. The van der Waals surface area contributed by atoms with Gasteiger partial charge in [0.2, 0.25) is 0 Å². The molecule has 0 amide bonds. The van der Waals surface area contributed by atoms with Gasteiger partial charge in [-0.25, -0.2) is 0 Å². The van der Waals surface area contributed by atoms with Gasteiger partial charge in [0.25, 0.3) is 0 Å². The van der Waals surface area contributed by atoms with Crippen molar-refractivity contribution < 1.29 is 0 Å². The Balaban J connectivity index is 0.000000177. The second-order valence-corrected chi connectivity index (χ2v) is 6.60. The van der Waals surface area contributed by atoms with E-state index < -0.39 is 0 Å². The van der Waals surface area contributed by atoms with Crippen LogP contribution in [0.4, 0.5) is 5.69 Å². The van der Waals surface area contributed by atoms with Crippen LogP contribution in [-0.4, -0.2) is 23.8 Å². The Bertz CT molecular complexity index is 695. The zero-order valence-corrected chi connectivity index (χ0v) is 15.6. The van der Waals surface area contributed by atoms with Crippen LogP contribution < -0.4 is 4.90 Å². The van der Waals surface area contributed by atoms with Gasteiger partial charge in [-0.3, -0.25) is 5.01 Å². The van der Waals surface area contributed by atoms with Gasteiger partial charge in [0.05, 0.1) is 0 Å². The molecule has 3 rings (SSSR count). The average Bonchev–Trinajstić information content (AvgIpc) is 2.78. The maximum absolute atomic E-state index is 4.39. The number of likely N-dealkylation sites (N-methyl/N-ethyl adjacent to an activating group) is 1. The highest BCUT2D eigenvalue weighted by atomic mass is 15.5. The van der Waals surface area contributed by atoms with E-state index in [2.05, 4.69) is 94.2 Å². The van der Waals surface area contributed by atoms with Crippen LogP contribution in [0.2, 0.25) is 0 Å². The lowest BCUT2D eigenvalue weighted by Crippen LogP contribution is -2.23. The summed E-state index contributed by atoms with van der Waals surface area (Å²) in [5.41, 5.74) is 5.94. The Labute approximate surface area is 146 Å². The van der Waals surface area contributed by atoms with Crippen LogP contribution in [0.3, 0.4) is 0 Å². The van der Waals surface area contributed by atoms with Crippen molar-refractivity contribution in [2.75, 3.05) is 18.0 Å². The number of anilines is 1. The van der Waals surface area contributed by atoms with Crippen molar-refractivity contribution in [3.63, 3.8) is 0 Å². The molecule has 2 heterocycles. The normalized spacial score (nSPS) is 18.1. The molecule has 2 aliphatic rings. The third-order valence-corrected chi connectivity index (χ3v) is 4.85. The molecule has 2 aliphatic heterocycles. The second-order valence-electron chi connectivity index (χ2n) is 6.60. The molecule has 0 unspecified atom stereocenters. The van der Waals surface area contributed by atoms with Gasteiger partial charge in [0, 0.05) is 41.3 Å². The Kier molecular flexibility index (Phi) is 5.33. The topological polar surface area (TPSA) is 18.8 Å². The summed E-state index contributed by atoms with van der Waals surface area (Å²) in [6.07, 6.45) is 4.18. The van der Waals surface area contributed by atoms with Gasteiger partial charge in [0.15, 0.2) is 0 Å². The van der Waals surface area contributed by atoms with Gasteiger partial charge in [0.1, 0.15) is 0 Å². The molecular formula is C21H29N3. The van der Waals surface area contributed by atoms with Gasteiger partial charge in [-0.1, -0.05) is 37.4 Å². The lowest BCUT2D eigenvalue weighted by atomic mass is 9.86. The molecular weight excluding hydrogens is 294 g/mol. The van der Waals surface area contributed by atoms with E-state index in [-0.39, 0.29) is 5.41 Å². The summed E-state index contributed by atoms with van der Waals surface area (Å²) in [5, 5.41) is 6.36. The van der Waals surface area contributed by atoms with Gasteiger partial charge < -0.3 is 4.90 Å².